The molecule has 0 radical (unpaired) electrons. The molecule has 0 bridgehead atoms. The molecule has 4 rings (SSSR count). The minimum absolute atomic E-state index is 0.0151. The Kier molecular flexibility index (Phi) is 5.90. The maximum atomic E-state index is 13.3. The molecule has 1 aliphatic rings. The lowest BCUT2D eigenvalue weighted by Gasteiger charge is -2.26. The Morgan fingerprint density at radius 1 is 1.10 bits per heavy atom. The fourth-order valence-electron chi connectivity index (χ4n) is 3.64. The van der Waals surface area contributed by atoms with E-state index in [2.05, 4.69) is 4.98 Å². The lowest BCUT2D eigenvalue weighted by molar-refractivity contribution is -0.125. The molecular formula is C23H23N3O4S. The van der Waals surface area contributed by atoms with Gasteiger partial charge in [-0.05, 0) is 47.9 Å². The third-order valence-electron chi connectivity index (χ3n) is 5.30. The van der Waals surface area contributed by atoms with E-state index in [-0.39, 0.29) is 18.0 Å². The Bertz CT molecular complexity index is 1160. The molecular weight excluding hydrogens is 414 g/mol. The second-order valence-corrected chi connectivity index (χ2v) is 9.10. The molecule has 7 nitrogen and oxygen atoms in total. The first-order valence-electron chi connectivity index (χ1n) is 9.90. The maximum Gasteiger partial charge on any atom is 0.268 e. The van der Waals surface area contributed by atoms with Crippen LogP contribution in [0.25, 0.3) is 0 Å². The summed E-state index contributed by atoms with van der Waals surface area (Å²) in [4.78, 5) is 19.1. The van der Waals surface area contributed by atoms with E-state index in [4.69, 9.17) is 4.74 Å². The average Bonchev–Trinajstić information content (AvgIpc) is 3.21. The number of methoxy groups -OCH3 is 1. The van der Waals surface area contributed by atoms with E-state index < -0.39 is 15.9 Å². The highest BCUT2D eigenvalue weighted by atomic mass is 32.2. The predicted octanol–water partition coefficient (Wildman–Crippen LogP) is 2.87. The zero-order valence-electron chi connectivity index (χ0n) is 17.1. The number of amides is 1. The number of aromatic nitrogens is 1. The first kappa shape index (κ1) is 20.9. The molecule has 0 spiro atoms. The molecule has 0 atom stereocenters. The highest BCUT2D eigenvalue weighted by Crippen LogP contribution is 2.28. The minimum Gasteiger partial charge on any atom is -0.497 e. The number of para-hydroxylation sites is 1. The third-order valence-corrected chi connectivity index (χ3v) is 7.05. The van der Waals surface area contributed by atoms with Gasteiger partial charge in [-0.15, -0.1) is 0 Å². The lowest BCUT2D eigenvalue weighted by Crippen LogP contribution is -2.43. The van der Waals surface area contributed by atoms with E-state index in [1.807, 2.05) is 29.2 Å². The molecule has 0 aliphatic carbocycles. The fraction of sp³-hybridized carbons (Fsp3) is 0.217. The van der Waals surface area contributed by atoms with E-state index in [0.717, 1.165) is 22.0 Å². The number of carbonyl (C=O) groups is 1. The third kappa shape index (κ3) is 4.39. The predicted molar refractivity (Wildman–Crippen MR) is 117 cm³/mol. The number of rotatable bonds is 7. The molecule has 0 saturated heterocycles. The van der Waals surface area contributed by atoms with Crippen LogP contribution >= 0.6 is 0 Å². The lowest BCUT2D eigenvalue weighted by atomic mass is 10.2. The Morgan fingerprint density at radius 2 is 1.87 bits per heavy atom. The smallest absolute Gasteiger partial charge is 0.268 e. The number of fused-ring (bicyclic) bond motifs is 1. The van der Waals surface area contributed by atoms with Gasteiger partial charge in [-0.2, -0.15) is 0 Å². The summed E-state index contributed by atoms with van der Waals surface area (Å²) >= 11 is 0. The number of pyridine rings is 1. The van der Waals surface area contributed by atoms with Gasteiger partial charge in [0.05, 0.1) is 20.2 Å². The molecule has 8 heteroatoms. The molecule has 0 unspecified atom stereocenters. The Labute approximate surface area is 182 Å². The van der Waals surface area contributed by atoms with E-state index >= 15 is 0 Å². The summed E-state index contributed by atoms with van der Waals surface area (Å²) in [6.45, 7) is 0.580. The minimum atomic E-state index is -4.07. The number of hydrogen-bond donors (Lipinski definition) is 0. The molecule has 2 aromatic carbocycles. The summed E-state index contributed by atoms with van der Waals surface area (Å²) in [5.74, 6) is 0.168. The van der Waals surface area contributed by atoms with E-state index in [0.29, 0.717) is 17.9 Å². The molecule has 160 valence electrons. The standard InChI is InChI=1S/C23H23N3O4S/c1-30-20-10-8-18(9-11-20)16-26(31(28,29)21-6-4-13-24-15-21)23(27)17-25-14-12-19-5-2-3-7-22(19)25/h2-11,13,15H,12,14,16-17H2,1H3. The van der Waals surface area contributed by atoms with Crippen molar-refractivity contribution in [2.75, 3.05) is 25.1 Å². The number of hydrogen-bond acceptors (Lipinski definition) is 6. The van der Waals surface area contributed by atoms with E-state index in [1.54, 1.807) is 37.4 Å². The number of nitrogens with zero attached hydrogens (tertiary/aromatic N) is 3. The molecule has 1 aromatic heterocycles. The van der Waals surface area contributed by atoms with Gasteiger partial charge in [0.25, 0.3) is 15.9 Å². The van der Waals surface area contributed by atoms with Gasteiger partial charge in [0, 0.05) is 24.6 Å². The summed E-state index contributed by atoms with van der Waals surface area (Å²) in [7, 11) is -2.51. The number of anilines is 1. The molecule has 0 saturated carbocycles. The van der Waals surface area contributed by atoms with Gasteiger partial charge in [0.1, 0.15) is 10.6 Å². The van der Waals surface area contributed by atoms with Gasteiger partial charge >= 0.3 is 0 Å². The number of benzene rings is 2. The van der Waals surface area contributed by atoms with Gasteiger partial charge in [-0.1, -0.05) is 30.3 Å². The van der Waals surface area contributed by atoms with Crippen LogP contribution in [-0.4, -0.2) is 43.8 Å². The van der Waals surface area contributed by atoms with Crippen LogP contribution in [0.5, 0.6) is 5.75 Å². The normalized spacial score (nSPS) is 13.0. The number of ether oxygens (including phenoxy) is 1. The molecule has 2 heterocycles. The molecule has 31 heavy (non-hydrogen) atoms. The molecule has 3 aromatic rings. The van der Waals surface area contributed by atoms with Gasteiger partial charge in [0.2, 0.25) is 0 Å². The molecule has 1 aliphatic heterocycles. The second-order valence-electron chi connectivity index (χ2n) is 7.24. The van der Waals surface area contributed by atoms with Crippen LogP contribution in [0.15, 0.2) is 78.0 Å². The van der Waals surface area contributed by atoms with Gasteiger partial charge in [-0.3, -0.25) is 9.78 Å². The zero-order chi connectivity index (χ0) is 21.8. The van der Waals surface area contributed by atoms with Crippen molar-refractivity contribution in [1.29, 1.82) is 0 Å². The van der Waals surface area contributed by atoms with E-state index in [1.165, 1.54) is 18.5 Å². The highest BCUT2D eigenvalue weighted by Gasteiger charge is 2.32. The Balaban J connectivity index is 1.63. The Hall–Kier alpha value is -3.39. The fourth-order valence-corrected chi connectivity index (χ4v) is 4.99. The van der Waals surface area contributed by atoms with Gasteiger partial charge in [-0.25, -0.2) is 12.7 Å². The van der Waals surface area contributed by atoms with Crippen LogP contribution in [0.2, 0.25) is 0 Å². The quantitative estimate of drug-likeness (QED) is 0.566. The molecule has 1 amide bonds. The maximum absolute atomic E-state index is 13.3. The second kappa shape index (κ2) is 8.77. The van der Waals surface area contributed by atoms with Crippen molar-refractivity contribution in [2.24, 2.45) is 0 Å². The Morgan fingerprint density at radius 3 is 2.58 bits per heavy atom. The number of sulfonamides is 1. The van der Waals surface area contributed by atoms with E-state index in [9.17, 15) is 13.2 Å². The van der Waals surface area contributed by atoms with Gasteiger partial charge in [0.15, 0.2) is 0 Å². The van der Waals surface area contributed by atoms with Crippen molar-refractivity contribution >= 4 is 21.6 Å². The van der Waals surface area contributed by atoms with Crippen LogP contribution in [0.3, 0.4) is 0 Å². The summed E-state index contributed by atoms with van der Waals surface area (Å²) < 4.78 is 32.8. The molecule has 0 fully saturated rings. The molecule has 0 N–H and O–H groups in total. The van der Waals surface area contributed by atoms with Crippen molar-refractivity contribution in [3.63, 3.8) is 0 Å². The van der Waals surface area contributed by atoms with Gasteiger partial charge < -0.3 is 9.64 Å². The summed E-state index contributed by atoms with van der Waals surface area (Å²) in [5, 5.41) is 0. The first-order valence-corrected chi connectivity index (χ1v) is 11.3. The first-order chi connectivity index (χ1) is 15.0. The van der Waals surface area contributed by atoms with Crippen LogP contribution < -0.4 is 9.64 Å². The van der Waals surface area contributed by atoms with Crippen LogP contribution in [0.4, 0.5) is 5.69 Å². The van der Waals surface area contributed by atoms with Crippen molar-refractivity contribution in [3.05, 3.63) is 84.2 Å². The van der Waals surface area contributed by atoms with Crippen LogP contribution in [-0.2, 0) is 27.8 Å². The summed E-state index contributed by atoms with van der Waals surface area (Å²) in [5.41, 5.74) is 2.81. The van der Waals surface area contributed by atoms with Crippen molar-refractivity contribution in [3.8, 4) is 5.75 Å². The van der Waals surface area contributed by atoms with Crippen LogP contribution in [0.1, 0.15) is 11.1 Å². The van der Waals surface area contributed by atoms with Crippen molar-refractivity contribution < 1.29 is 17.9 Å². The number of carbonyl (C=O) groups excluding carboxylic acids is 1. The largest absolute Gasteiger partial charge is 0.497 e. The average molecular weight is 438 g/mol. The SMILES string of the molecule is COc1ccc(CN(C(=O)CN2CCc3ccccc32)S(=O)(=O)c2cccnc2)cc1. The van der Waals surface area contributed by atoms with Crippen LogP contribution in [0, 0.1) is 0 Å². The monoisotopic (exact) mass is 437 g/mol. The highest BCUT2D eigenvalue weighted by molar-refractivity contribution is 7.89. The topological polar surface area (TPSA) is 79.8 Å². The zero-order valence-corrected chi connectivity index (χ0v) is 18.0. The van der Waals surface area contributed by atoms with Crippen molar-refractivity contribution in [2.45, 2.75) is 17.9 Å². The summed E-state index contributed by atoms with van der Waals surface area (Å²) in [6.07, 6.45) is 3.59. The summed E-state index contributed by atoms with van der Waals surface area (Å²) in [6, 6.07) is 17.8. The van der Waals surface area contributed by atoms with Crippen molar-refractivity contribution in [1.82, 2.24) is 9.29 Å².